The summed E-state index contributed by atoms with van der Waals surface area (Å²) in [6, 6.07) is 6.01. The Morgan fingerprint density at radius 2 is 1.89 bits per heavy atom. The number of rotatable bonds is 6. The molecule has 18 heavy (non-hydrogen) atoms. The van der Waals surface area contributed by atoms with Crippen LogP contribution in [0.5, 0.6) is 0 Å². The van der Waals surface area contributed by atoms with Crippen LogP contribution < -0.4 is 4.90 Å². The molecule has 0 aromatic heterocycles. The number of carbonyl (C=O) groups is 2. The Morgan fingerprint density at radius 1 is 1.28 bits per heavy atom. The molecule has 0 aliphatic carbocycles. The lowest BCUT2D eigenvalue weighted by molar-refractivity contribution is -0.116. The summed E-state index contributed by atoms with van der Waals surface area (Å²) in [6.07, 6.45) is 1.82. The molecule has 5 nitrogen and oxygen atoms in total. The SMILES string of the molecule is CSCC(=O)N(CCO)c1ccc(C(=O)O)cc1. The predicted octanol–water partition coefficient (Wildman–Crippen LogP) is 1.07. The number of carbonyl (C=O) groups excluding carboxylic acids is 1. The van der Waals surface area contributed by atoms with E-state index in [9.17, 15) is 9.59 Å². The van der Waals surface area contributed by atoms with Crippen LogP contribution in [0.2, 0.25) is 0 Å². The van der Waals surface area contributed by atoms with Crippen molar-refractivity contribution in [1.82, 2.24) is 0 Å². The minimum Gasteiger partial charge on any atom is -0.478 e. The molecule has 1 rings (SSSR count). The van der Waals surface area contributed by atoms with Crippen LogP contribution in [0.1, 0.15) is 10.4 Å². The van der Waals surface area contributed by atoms with Crippen molar-refractivity contribution in [3.05, 3.63) is 29.8 Å². The third-order valence-corrected chi connectivity index (χ3v) is 2.85. The summed E-state index contributed by atoms with van der Waals surface area (Å²) < 4.78 is 0. The second kappa shape index (κ2) is 7.03. The highest BCUT2D eigenvalue weighted by molar-refractivity contribution is 7.99. The van der Waals surface area contributed by atoms with Crippen LogP contribution in [0.4, 0.5) is 5.69 Å². The van der Waals surface area contributed by atoms with Gasteiger partial charge < -0.3 is 15.1 Å². The topological polar surface area (TPSA) is 77.8 Å². The van der Waals surface area contributed by atoms with E-state index in [-0.39, 0.29) is 24.6 Å². The summed E-state index contributed by atoms with van der Waals surface area (Å²) in [6.45, 7) is 0.0621. The largest absolute Gasteiger partial charge is 0.478 e. The molecule has 0 radical (unpaired) electrons. The molecule has 0 aliphatic rings. The summed E-state index contributed by atoms with van der Waals surface area (Å²) >= 11 is 1.40. The Labute approximate surface area is 109 Å². The van der Waals surface area contributed by atoms with Crippen LogP contribution >= 0.6 is 11.8 Å². The highest BCUT2D eigenvalue weighted by Gasteiger charge is 2.15. The van der Waals surface area contributed by atoms with E-state index in [1.54, 1.807) is 12.1 Å². The summed E-state index contributed by atoms with van der Waals surface area (Å²) in [4.78, 5) is 24.0. The molecule has 0 unspecified atom stereocenters. The van der Waals surface area contributed by atoms with Crippen molar-refractivity contribution in [3.63, 3.8) is 0 Å². The summed E-state index contributed by atoms with van der Waals surface area (Å²) in [5.74, 6) is -0.800. The van der Waals surface area contributed by atoms with Gasteiger partial charge in [0, 0.05) is 12.2 Å². The zero-order chi connectivity index (χ0) is 13.5. The number of nitrogens with zero attached hydrogens (tertiary/aromatic N) is 1. The zero-order valence-electron chi connectivity index (χ0n) is 10.00. The Bertz CT molecular complexity index is 419. The van der Waals surface area contributed by atoms with Crippen LogP contribution in [-0.2, 0) is 4.79 Å². The minimum absolute atomic E-state index is 0.111. The highest BCUT2D eigenvalue weighted by Crippen LogP contribution is 2.16. The molecular formula is C12H15NO4S. The van der Waals surface area contributed by atoms with E-state index in [0.29, 0.717) is 11.4 Å². The summed E-state index contributed by atoms with van der Waals surface area (Å²) in [5.41, 5.74) is 0.758. The highest BCUT2D eigenvalue weighted by atomic mass is 32.2. The third kappa shape index (κ3) is 3.75. The number of anilines is 1. The van der Waals surface area contributed by atoms with Crippen LogP contribution in [0, 0.1) is 0 Å². The number of hydrogen-bond donors (Lipinski definition) is 2. The van der Waals surface area contributed by atoms with Gasteiger partial charge in [-0.05, 0) is 30.5 Å². The molecule has 1 aromatic carbocycles. The average molecular weight is 269 g/mol. The van der Waals surface area contributed by atoms with Gasteiger partial charge >= 0.3 is 5.97 Å². The average Bonchev–Trinajstić information content (AvgIpc) is 2.36. The van der Waals surface area contributed by atoms with E-state index >= 15 is 0 Å². The maximum atomic E-state index is 11.8. The number of carboxylic acids is 1. The fourth-order valence-corrected chi connectivity index (χ4v) is 1.89. The van der Waals surface area contributed by atoms with Gasteiger partial charge in [0.2, 0.25) is 5.91 Å². The quantitative estimate of drug-likeness (QED) is 0.808. The third-order valence-electron chi connectivity index (χ3n) is 2.32. The van der Waals surface area contributed by atoms with Gasteiger partial charge in [-0.2, -0.15) is 11.8 Å². The molecule has 0 fully saturated rings. The van der Waals surface area contributed by atoms with Crippen LogP contribution in [0.15, 0.2) is 24.3 Å². The number of aliphatic hydroxyl groups is 1. The second-order valence-electron chi connectivity index (χ2n) is 3.55. The van der Waals surface area contributed by atoms with Crippen molar-refractivity contribution < 1.29 is 19.8 Å². The van der Waals surface area contributed by atoms with Gasteiger partial charge in [-0.15, -0.1) is 0 Å². The molecule has 1 aromatic rings. The molecule has 1 amide bonds. The molecule has 0 aliphatic heterocycles. The Morgan fingerprint density at radius 3 is 2.33 bits per heavy atom. The Kier molecular flexibility index (Phi) is 5.67. The first-order valence-corrected chi connectivity index (χ1v) is 6.73. The molecule has 6 heteroatoms. The van der Waals surface area contributed by atoms with Gasteiger partial charge in [0.1, 0.15) is 0 Å². The molecule has 0 heterocycles. The lowest BCUT2D eigenvalue weighted by Gasteiger charge is -2.21. The van der Waals surface area contributed by atoms with E-state index in [1.807, 2.05) is 6.26 Å². The molecule has 0 atom stereocenters. The van der Waals surface area contributed by atoms with Gasteiger partial charge in [0.05, 0.1) is 17.9 Å². The van der Waals surface area contributed by atoms with Crippen molar-refractivity contribution >= 4 is 29.3 Å². The summed E-state index contributed by atoms with van der Waals surface area (Å²) in [7, 11) is 0. The van der Waals surface area contributed by atoms with Crippen molar-refractivity contribution in [2.45, 2.75) is 0 Å². The smallest absolute Gasteiger partial charge is 0.335 e. The number of aromatic carboxylic acids is 1. The zero-order valence-corrected chi connectivity index (χ0v) is 10.8. The molecule has 0 spiro atoms. The fraction of sp³-hybridized carbons (Fsp3) is 0.333. The standard InChI is InChI=1S/C12H15NO4S/c1-18-8-11(15)13(6-7-14)10-4-2-9(3-5-10)12(16)17/h2-5,14H,6-8H2,1H3,(H,16,17). The monoisotopic (exact) mass is 269 g/mol. The van der Waals surface area contributed by atoms with Crippen molar-refractivity contribution in [2.24, 2.45) is 0 Å². The lowest BCUT2D eigenvalue weighted by Crippen LogP contribution is -2.34. The maximum absolute atomic E-state index is 11.8. The van der Waals surface area contributed by atoms with E-state index in [0.717, 1.165) is 0 Å². The number of aliphatic hydroxyl groups excluding tert-OH is 1. The molecule has 0 bridgehead atoms. The number of amides is 1. The van der Waals surface area contributed by atoms with Crippen molar-refractivity contribution in [2.75, 3.05) is 30.1 Å². The van der Waals surface area contributed by atoms with Crippen LogP contribution in [0.3, 0.4) is 0 Å². The minimum atomic E-state index is -1.01. The van der Waals surface area contributed by atoms with Gasteiger partial charge in [-0.25, -0.2) is 4.79 Å². The van der Waals surface area contributed by atoms with Crippen LogP contribution in [0.25, 0.3) is 0 Å². The van der Waals surface area contributed by atoms with E-state index < -0.39 is 5.97 Å². The maximum Gasteiger partial charge on any atom is 0.335 e. The molecule has 98 valence electrons. The molecule has 0 saturated heterocycles. The van der Waals surface area contributed by atoms with Gasteiger partial charge in [-0.3, -0.25) is 4.79 Å². The van der Waals surface area contributed by atoms with Crippen molar-refractivity contribution in [1.29, 1.82) is 0 Å². The van der Waals surface area contributed by atoms with Crippen molar-refractivity contribution in [3.8, 4) is 0 Å². The van der Waals surface area contributed by atoms with E-state index in [4.69, 9.17) is 10.2 Å². The Hall–Kier alpha value is -1.53. The Balaban J connectivity index is 2.91. The lowest BCUT2D eigenvalue weighted by atomic mass is 10.2. The van der Waals surface area contributed by atoms with Gasteiger partial charge in [0.25, 0.3) is 0 Å². The number of hydrogen-bond acceptors (Lipinski definition) is 4. The van der Waals surface area contributed by atoms with Crippen LogP contribution in [-0.4, -0.2) is 47.2 Å². The second-order valence-corrected chi connectivity index (χ2v) is 4.42. The normalized spacial score (nSPS) is 10.1. The first-order valence-electron chi connectivity index (χ1n) is 5.33. The van der Waals surface area contributed by atoms with Gasteiger partial charge in [-0.1, -0.05) is 0 Å². The fourth-order valence-electron chi connectivity index (χ4n) is 1.48. The number of thioether (sulfide) groups is 1. The van der Waals surface area contributed by atoms with E-state index in [2.05, 4.69) is 0 Å². The molecular weight excluding hydrogens is 254 g/mol. The van der Waals surface area contributed by atoms with Gasteiger partial charge in [0.15, 0.2) is 0 Å². The summed E-state index contributed by atoms with van der Waals surface area (Å²) in [5, 5.41) is 17.8. The van der Waals surface area contributed by atoms with E-state index in [1.165, 1.54) is 28.8 Å². The number of carboxylic acid groups (broad SMARTS) is 1. The first-order chi connectivity index (χ1) is 8.60. The molecule has 0 saturated carbocycles. The first kappa shape index (κ1) is 14.5. The predicted molar refractivity (Wildman–Crippen MR) is 71.2 cm³/mol. The molecule has 2 N–H and O–H groups in total. The number of benzene rings is 1.